The first-order valence-electron chi connectivity index (χ1n) is 7.27. The zero-order chi connectivity index (χ0) is 18.0. The maximum absolute atomic E-state index is 12.6. The number of aliphatic imine (C=N–C) groups is 1. The van der Waals surface area contributed by atoms with Gasteiger partial charge in [0.1, 0.15) is 17.2 Å². The summed E-state index contributed by atoms with van der Waals surface area (Å²) in [5.74, 6) is 4.12. The van der Waals surface area contributed by atoms with Crippen LogP contribution in [0.2, 0.25) is 0 Å². The summed E-state index contributed by atoms with van der Waals surface area (Å²) in [4.78, 5) is 41.9. The van der Waals surface area contributed by atoms with E-state index in [1.165, 1.54) is 36.4 Å². The van der Waals surface area contributed by atoms with Gasteiger partial charge in [0, 0.05) is 11.8 Å². The number of nitrogens with one attached hydrogen (secondary N) is 1. The van der Waals surface area contributed by atoms with Gasteiger partial charge in [-0.05, 0) is 42.0 Å². The Hall–Kier alpha value is -3.52. The van der Waals surface area contributed by atoms with E-state index in [9.17, 15) is 14.4 Å². The molecule has 0 atom stereocenters. The first kappa shape index (κ1) is 16.3. The van der Waals surface area contributed by atoms with Crippen LogP contribution in [0.4, 0.5) is 0 Å². The van der Waals surface area contributed by atoms with Crippen molar-refractivity contribution in [3.8, 4) is 5.75 Å². The molecule has 0 fully saturated rings. The number of rotatable bonds is 3. The molecule has 0 bridgehead atoms. The Kier molecular flexibility index (Phi) is 4.27. The average Bonchev–Trinajstić information content (AvgIpc) is 2.64. The number of carbonyl (C=O) groups is 3. The van der Waals surface area contributed by atoms with Crippen LogP contribution in [0.5, 0.6) is 5.75 Å². The quantitative estimate of drug-likeness (QED) is 0.274. The van der Waals surface area contributed by atoms with Crippen molar-refractivity contribution in [3.05, 3.63) is 59.3 Å². The van der Waals surface area contributed by atoms with Gasteiger partial charge in [-0.15, -0.1) is 0 Å². The number of hydrogen-bond donors (Lipinski definition) is 2. The van der Waals surface area contributed by atoms with E-state index in [1.807, 2.05) is 5.43 Å². The number of methoxy groups -OCH3 is 1. The molecule has 2 aliphatic heterocycles. The number of amides is 3. The molecule has 0 unspecified atom stereocenters. The lowest BCUT2D eigenvalue weighted by Crippen LogP contribution is -2.39. The van der Waals surface area contributed by atoms with Crippen LogP contribution in [0, 0.1) is 0 Å². The normalized spacial score (nSPS) is 17.4. The van der Waals surface area contributed by atoms with Gasteiger partial charge in [0.15, 0.2) is 0 Å². The second kappa shape index (κ2) is 6.54. The van der Waals surface area contributed by atoms with Crippen molar-refractivity contribution >= 4 is 29.6 Å². The highest BCUT2D eigenvalue weighted by Gasteiger charge is 2.31. The van der Waals surface area contributed by atoms with E-state index in [-0.39, 0.29) is 17.0 Å². The molecule has 0 spiro atoms. The third-order valence-electron chi connectivity index (χ3n) is 3.67. The number of carbonyl (C=O) groups excluding carboxylic acids is 3. The molecule has 2 aliphatic rings. The van der Waals surface area contributed by atoms with Gasteiger partial charge in [0.25, 0.3) is 17.7 Å². The minimum absolute atomic E-state index is 0.164. The van der Waals surface area contributed by atoms with Crippen LogP contribution in [0.15, 0.2) is 53.2 Å². The van der Waals surface area contributed by atoms with Gasteiger partial charge in [-0.3, -0.25) is 24.7 Å². The predicted molar refractivity (Wildman–Crippen MR) is 90.2 cm³/mol. The van der Waals surface area contributed by atoms with Crippen molar-refractivity contribution in [3.63, 3.8) is 0 Å². The second-order valence-electron chi connectivity index (χ2n) is 5.14. The van der Waals surface area contributed by atoms with Crippen molar-refractivity contribution in [2.24, 2.45) is 10.8 Å². The number of nitrogens with two attached hydrogens (primary N) is 1. The van der Waals surface area contributed by atoms with E-state index in [0.29, 0.717) is 11.3 Å². The Bertz CT molecular complexity index is 896. The smallest absolute Gasteiger partial charge is 0.284 e. The molecule has 0 radical (unpaired) electrons. The van der Waals surface area contributed by atoms with Crippen LogP contribution in [0.25, 0.3) is 6.08 Å². The molecule has 0 aliphatic carbocycles. The average molecular weight is 338 g/mol. The Morgan fingerprint density at radius 2 is 2.12 bits per heavy atom. The molecule has 3 N–H and O–H groups in total. The van der Waals surface area contributed by atoms with Crippen LogP contribution in [-0.2, 0) is 9.59 Å². The fourth-order valence-corrected chi connectivity index (χ4v) is 2.43. The van der Waals surface area contributed by atoms with Crippen molar-refractivity contribution in [2.75, 3.05) is 7.11 Å². The third-order valence-corrected chi connectivity index (χ3v) is 3.67. The summed E-state index contributed by atoms with van der Waals surface area (Å²) in [7, 11) is 1.47. The molecule has 8 heteroatoms. The lowest BCUT2D eigenvalue weighted by Gasteiger charge is -2.24. The molecule has 2 heterocycles. The molecular weight excluding hydrogens is 324 g/mol. The van der Waals surface area contributed by atoms with E-state index in [1.54, 1.807) is 24.3 Å². The Morgan fingerprint density at radius 1 is 1.32 bits per heavy atom. The van der Waals surface area contributed by atoms with E-state index in [2.05, 4.69) is 4.99 Å². The number of amidine groups is 1. The number of nitrogen functional groups attached to an aromatic ring is 1. The van der Waals surface area contributed by atoms with Gasteiger partial charge in [-0.25, -0.2) is 5.84 Å². The highest BCUT2D eigenvalue weighted by molar-refractivity contribution is 6.32. The van der Waals surface area contributed by atoms with Crippen LogP contribution in [0.1, 0.15) is 15.9 Å². The summed E-state index contributed by atoms with van der Waals surface area (Å²) in [5, 5.41) is 0. The number of benzene rings is 1. The van der Waals surface area contributed by atoms with E-state index < -0.39 is 17.7 Å². The maximum Gasteiger partial charge on any atom is 0.284 e. The maximum atomic E-state index is 12.6. The zero-order valence-corrected chi connectivity index (χ0v) is 13.2. The molecule has 0 saturated heterocycles. The van der Waals surface area contributed by atoms with E-state index >= 15 is 0 Å². The van der Waals surface area contributed by atoms with Crippen molar-refractivity contribution in [2.45, 2.75) is 0 Å². The van der Waals surface area contributed by atoms with Gasteiger partial charge < -0.3 is 4.74 Å². The lowest BCUT2D eigenvalue weighted by molar-refractivity contribution is -0.126. The van der Waals surface area contributed by atoms with Crippen LogP contribution < -0.4 is 16.0 Å². The molecule has 3 rings (SSSR count). The van der Waals surface area contributed by atoms with Gasteiger partial charge in [0.05, 0.1) is 7.11 Å². The molecule has 126 valence electrons. The fraction of sp³-hybridized carbons (Fsp3) is 0.0588. The summed E-state index contributed by atoms with van der Waals surface area (Å²) in [5.41, 5.74) is 2.37. The van der Waals surface area contributed by atoms with Gasteiger partial charge >= 0.3 is 0 Å². The van der Waals surface area contributed by atoms with Crippen molar-refractivity contribution < 1.29 is 19.1 Å². The van der Waals surface area contributed by atoms with Crippen LogP contribution >= 0.6 is 0 Å². The molecule has 1 aromatic rings. The summed E-state index contributed by atoms with van der Waals surface area (Å²) in [6, 6.07) is 4.60. The van der Waals surface area contributed by atoms with E-state index in [0.717, 1.165) is 0 Å². The monoisotopic (exact) mass is 338 g/mol. The first-order valence-corrected chi connectivity index (χ1v) is 7.27. The molecule has 0 saturated carbocycles. The zero-order valence-electron chi connectivity index (χ0n) is 13.2. The molecule has 8 nitrogen and oxygen atoms in total. The number of allylic oxidation sites excluding steroid dienone is 2. The minimum atomic E-state index is -0.682. The Balaban J connectivity index is 2.11. The first-order chi connectivity index (χ1) is 12.0. The van der Waals surface area contributed by atoms with Gasteiger partial charge in [0.2, 0.25) is 0 Å². The minimum Gasteiger partial charge on any atom is -0.497 e. The van der Waals surface area contributed by atoms with Crippen LogP contribution in [0.3, 0.4) is 0 Å². The second-order valence-corrected chi connectivity index (χ2v) is 5.14. The largest absolute Gasteiger partial charge is 0.497 e. The summed E-state index contributed by atoms with van der Waals surface area (Å²) in [6.45, 7) is 0. The number of nitrogens with zero attached hydrogens (tertiary/aromatic N) is 2. The molecule has 0 aromatic heterocycles. The van der Waals surface area contributed by atoms with Crippen LogP contribution in [-0.4, -0.2) is 35.6 Å². The third kappa shape index (κ3) is 2.98. The van der Waals surface area contributed by atoms with Crippen molar-refractivity contribution in [1.29, 1.82) is 0 Å². The summed E-state index contributed by atoms with van der Waals surface area (Å²) >= 11 is 0. The number of ether oxygens (including phenoxy) is 1. The number of hydrogen-bond acceptors (Lipinski definition) is 5. The predicted octanol–water partition coefficient (Wildman–Crippen LogP) is 0.533. The highest BCUT2D eigenvalue weighted by atomic mass is 16.5. The lowest BCUT2D eigenvalue weighted by atomic mass is 10.0. The topological polar surface area (TPSA) is 114 Å². The van der Waals surface area contributed by atoms with Crippen molar-refractivity contribution in [1.82, 2.24) is 10.3 Å². The molecule has 25 heavy (non-hydrogen) atoms. The van der Waals surface area contributed by atoms with E-state index in [4.69, 9.17) is 10.6 Å². The standard InChI is InChI=1S/C17H14N4O4/c1-25-11-5-6-12(16(23)20-18)10(8-11)9-13-15(22)19-14-4-2-3-7-21(14)17(13)24/h2-9H,18H2,1H3,(H,20,23). The Labute approximate surface area is 142 Å². The molecule has 3 amide bonds. The fourth-order valence-electron chi connectivity index (χ4n) is 2.43. The number of fused-ring (bicyclic) bond motifs is 1. The van der Waals surface area contributed by atoms with Gasteiger partial charge in [-0.1, -0.05) is 6.08 Å². The highest BCUT2D eigenvalue weighted by Crippen LogP contribution is 2.24. The van der Waals surface area contributed by atoms with Gasteiger partial charge in [-0.2, -0.15) is 4.99 Å². The SMILES string of the molecule is COc1ccc(C(=O)NN)c(C=C2C(=O)N=C3C=CC=CN3C2=O)c1. The Morgan fingerprint density at radius 3 is 2.84 bits per heavy atom. The summed E-state index contributed by atoms with van der Waals surface area (Å²) in [6.07, 6.45) is 7.72. The number of hydrazine groups is 1. The molecular formula is C17H14N4O4. The summed E-state index contributed by atoms with van der Waals surface area (Å²) < 4.78 is 5.13. The molecule has 1 aromatic carbocycles.